The molecule has 0 aliphatic carbocycles. The van der Waals surface area contributed by atoms with Gasteiger partial charge in [0.25, 0.3) is 0 Å². The fourth-order valence-corrected chi connectivity index (χ4v) is 2.33. The van der Waals surface area contributed by atoms with E-state index >= 15 is 0 Å². The van der Waals surface area contributed by atoms with Crippen molar-refractivity contribution in [2.75, 3.05) is 19.5 Å². The molecule has 21 heavy (non-hydrogen) atoms. The van der Waals surface area contributed by atoms with Crippen LogP contribution in [0.1, 0.15) is 29.9 Å². The zero-order chi connectivity index (χ0) is 15.4. The summed E-state index contributed by atoms with van der Waals surface area (Å²) < 4.78 is 10.7. The summed E-state index contributed by atoms with van der Waals surface area (Å²) in [4.78, 5) is 4.48. The summed E-state index contributed by atoms with van der Waals surface area (Å²) >= 11 is 0. The normalized spacial score (nSPS) is 11.9. The van der Waals surface area contributed by atoms with Crippen LogP contribution in [0.25, 0.3) is 0 Å². The van der Waals surface area contributed by atoms with E-state index in [0.717, 1.165) is 34.1 Å². The summed E-state index contributed by atoms with van der Waals surface area (Å²) in [5.41, 5.74) is 4.09. The maximum atomic E-state index is 5.44. The molecule has 1 heterocycles. The molecule has 0 radical (unpaired) electrons. The predicted molar refractivity (Wildman–Crippen MR) is 85.3 cm³/mol. The Bertz CT molecular complexity index is 626. The van der Waals surface area contributed by atoms with Gasteiger partial charge in [0, 0.05) is 11.3 Å². The van der Waals surface area contributed by atoms with Crippen molar-refractivity contribution < 1.29 is 9.47 Å². The predicted octanol–water partition coefficient (Wildman–Crippen LogP) is 3.89. The minimum atomic E-state index is 0.0817. The number of benzene rings is 1. The van der Waals surface area contributed by atoms with Crippen molar-refractivity contribution in [2.45, 2.75) is 26.8 Å². The second kappa shape index (κ2) is 6.48. The minimum absolute atomic E-state index is 0.0817. The van der Waals surface area contributed by atoms with E-state index in [1.807, 2.05) is 38.1 Å². The van der Waals surface area contributed by atoms with E-state index in [1.165, 1.54) is 0 Å². The summed E-state index contributed by atoms with van der Waals surface area (Å²) in [6.07, 6.45) is 0. The molecule has 1 N–H and O–H groups in total. The van der Waals surface area contributed by atoms with Gasteiger partial charge < -0.3 is 14.8 Å². The second-order valence-electron chi connectivity index (χ2n) is 5.06. The van der Waals surface area contributed by atoms with Crippen LogP contribution in [0.4, 0.5) is 5.69 Å². The monoisotopic (exact) mass is 286 g/mol. The average molecular weight is 286 g/mol. The number of aryl methyl sites for hydroxylation is 2. The number of nitrogens with zero attached hydrogens (tertiary/aromatic N) is 1. The van der Waals surface area contributed by atoms with Gasteiger partial charge in [-0.15, -0.1) is 0 Å². The highest BCUT2D eigenvalue weighted by Crippen LogP contribution is 2.31. The van der Waals surface area contributed by atoms with Gasteiger partial charge in [0.05, 0.1) is 31.6 Å². The average Bonchev–Trinajstić information content (AvgIpc) is 2.49. The third-order valence-electron chi connectivity index (χ3n) is 3.50. The van der Waals surface area contributed by atoms with Crippen LogP contribution in [0.15, 0.2) is 30.3 Å². The van der Waals surface area contributed by atoms with E-state index in [-0.39, 0.29) is 6.04 Å². The maximum absolute atomic E-state index is 5.44. The minimum Gasteiger partial charge on any atom is -0.497 e. The van der Waals surface area contributed by atoms with Crippen molar-refractivity contribution in [1.82, 2.24) is 4.98 Å². The van der Waals surface area contributed by atoms with Crippen LogP contribution in [0.2, 0.25) is 0 Å². The highest BCUT2D eigenvalue weighted by Gasteiger charge is 2.14. The lowest BCUT2D eigenvalue weighted by atomic mass is 10.1. The molecule has 0 fully saturated rings. The zero-order valence-electron chi connectivity index (χ0n) is 13.2. The van der Waals surface area contributed by atoms with Crippen LogP contribution in [-0.4, -0.2) is 19.2 Å². The molecule has 0 aliphatic heterocycles. The molecule has 0 spiro atoms. The Balaban J connectivity index is 2.28. The quantitative estimate of drug-likeness (QED) is 0.905. The molecule has 1 atom stereocenters. The fourth-order valence-electron chi connectivity index (χ4n) is 2.33. The van der Waals surface area contributed by atoms with E-state index in [9.17, 15) is 0 Å². The highest BCUT2D eigenvalue weighted by atomic mass is 16.5. The number of hydrogen-bond donors (Lipinski definition) is 1. The van der Waals surface area contributed by atoms with Crippen molar-refractivity contribution in [3.8, 4) is 11.5 Å². The Morgan fingerprint density at radius 3 is 2.43 bits per heavy atom. The number of pyridine rings is 1. The molecular formula is C17H22N2O2. The first-order valence-electron chi connectivity index (χ1n) is 6.98. The Morgan fingerprint density at radius 1 is 1.05 bits per heavy atom. The number of anilines is 1. The van der Waals surface area contributed by atoms with E-state index in [0.29, 0.717) is 0 Å². The van der Waals surface area contributed by atoms with Gasteiger partial charge in [-0.2, -0.15) is 0 Å². The lowest BCUT2D eigenvalue weighted by Crippen LogP contribution is -2.10. The number of aromatic nitrogens is 1. The van der Waals surface area contributed by atoms with E-state index in [2.05, 4.69) is 23.3 Å². The maximum Gasteiger partial charge on any atom is 0.124 e. The first kappa shape index (κ1) is 15.2. The van der Waals surface area contributed by atoms with Crippen molar-refractivity contribution >= 4 is 5.69 Å². The molecule has 4 heteroatoms. The molecule has 0 aliphatic rings. The molecule has 1 unspecified atom stereocenters. The van der Waals surface area contributed by atoms with Crippen LogP contribution in [0, 0.1) is 13.8 Å². The van der Waals surface area contributed by atoms with Crippen molar-refractivity contribution in [2.24, 2.45) is 0 Å². The summed E-state index contributed by atoms with van der Waals surface area (Å²) in [6, 6.07) is 9.96. The standard InChI is InChI=1S/C17H22N2O2/c1-11-6-8-16(13(3)18-11)19-12(2)15-10-14(20-4)7-9-17(15)21-5/h6-10,12,19H,1-5H3. The van der Waals surface area contributed by atoms with Gasteiger partial charge in [-0.05, 0) is 51.1 Å². The molecule has 0 saturated carbocycles. The van der Waals surface area contributed by atoms with Gasteiger partial charge in [-0.3, -0.25) is 4.98 Å². The summed E-state index contributed by atoms with van der Waals surface area (Å²) in [7, 11) is 3.34. The third kappa shape index (κ3) is 3.45. The van der Waals surface area contributed by atoms with E-state index < -0.39 is 0 Å². The topological polar surface area (TPSA) is 43.4 Å². The highest BCUT2D eigenvalue weighted by molar-refractivity contribution is 5.52. The molecule has 2 aromatic rings. The number of rotatable bonds is 5. The lowest BCUT2D eigenvalue weighted by molar-refractivity contribution is 0.397. The van der Waals surface area contributed by atoms with Gasteiger partial charge in [-0.25, -0.2) is 0 Å². The Morgan fingerprint density at radius 2 is 1.81 bits per heavy atom. The third-order valence-corrected chi connectivity index (χ3v) is 3.50. The molecular weight excluding hydrogens is 264 g/mol. The van der Waals surface area contributed by atoms with Crippen LogP contribution in [0.3, 0.4) is 0 Å². The number of nitrogens with one attached hydrogen (secondary N) is 1. The largest absolute Gasteiger partial charge is 0.497 e. The molecule has 0 amide bonds. The lowest BCUT2D eigenvalue weighted by Gasteiger charge is -2.20. The second-order valence-corrected chi connectivity index (χ2v) is 5.06. The van der Waals surface area contributed by atoms with Gasteiger partial charge in [0.2, 0.25) is 0 Å². The molecule has 1 aromatic heterocycles. The molecule has 0 bridgehead atoms. The van der Waals surface area contributed by atoms with Crippen LogP contribution in [0.5, 0.6) is 11.5 Å². The van der Waals surface area contributed by atoms with E-state index in [4.69, 9.17) is 9.47 Å². The van der Waals surface area contributed by atoms with Crippen molar-refractivity contribution in [1.29, 1.82) is 0 Å². The van der Waals surface area contributed by atoms with Gasteiger partial charge in [0.15, 0.2) is 0 Å². The number of hydrogen-bond acceptors (Lipinski definition) is 4. The van der Waals surface area contributed by atoms with Gasteiger partial charge >= 0.3 is 0 Å². The summed E-state index contributed by atoms with van der Waals surface area (Å²) in [6.45, 7) is 6.09. The molecule has 2 rings (SSSR count). The SMILES string of the molecule is COc1ccc(OC)c(C(C)Nc2ccc(C)nc2C)c1. The summed E-state index contributed by atoms with van der Waals surface area (Å²) in [5.74, 6) is 1.66. The van der Waals surface area contributed by atoms with Crippen LogP contribution in [-0.2, 0) is 0 Å². The zero-order valence-corrected chi connectivity index (χ0v) is 13.2. The molecule has 112 valence electrons. The van der Waals surface area contributed by atoms with Crippen LogP contribution >= 0.6 is 0 Å². The Kier molecular flexibility index (Phi) is 4.68. The molecule has 0 saturated heterocycles. The van der Waals surface area contributed by atoms with Crippen molar-refractivity contribution in [3.05, 3.63) is 47.3 Å². The molecule has 4 nitrogen and oxygen atoms in total. The Hall–Kier alpha value is -2.23. The van der Waals surface area contributed by atoms with Crippen molar-refractivity contribution in [3.63, 3.8) is 0 Å². The van der Waals surface area contributed by atoms with Gasteiger partial charge in [-0.1, -0.05) is 0 Å². The first-order chi connectivity index (χ1) is 10.0. The number of ether oxygens (including phenoxy) is 2. The van der Waals surface area contributed by atoms with Gasteiger partial charge in [0.1, 0.15) is 11.5 Å². The smallest absolute Gasteiger partial charge is 0.124 e. The van der Waals surface area contributed by atoms with Crippen LogP contribution < -0.4 is 14.8 Å². The molecule has 1 aromatic carbocycles. The summed E-state index contributed by atoms with van der Waals surface area (Å²) in [5, 5.41) is 3.48. The van der Waals surface area contributed by atoms with E-state index in [1.54, 1.807) is 14.2 Å². The Labute approximate surface area is 126 Å². The number of methoxy groups -OCH3 is 2. The first-order valence-corrected chi connectivity index (χ1v) is 6.98. The fraction of sp³-hybridized carbons (Fsp3) is 0.353.